The maximum atomic E-state index is 11.9. The van der Waals surface area contributed by atoms with Gasteiger partial charge in [-0.1, -0.05) is 11.2 Å². The average Bonchev–Trinajstić information content (AvgIpc) is 2.81. The minimum Gasteiger partial charge on any atom is -0.494 e. The van der Waals surface area contributed by atoms with Gasteiger partial charge in [-0.25, -0.2) is 0 Å². The van der Waals surface area contributed by atoms with Gasteiger partial charge in [0.25, 0.3) is 5.91 Å². The second-order valence-electron chi connectivity index (χ2n) is 3.27. The molecule has 0 aliphatic carbocycles. The molecule has 0 radical (unpaired) electrons. The fourth-order valence-corrected chi connectivity index (χ4v) is 1.42. The second-order valence-corrected chi connectivity index (χ2v) is 3.27. The van der Waals surface area contributed by atoms with Crippen LogP contribution in [0, 0.1) is 0 Å². The van der Waals surface area contributed by atoms with Gasteiger partial charge in [-0.05, 0) is 12.1 Å². The maximum Gasteiger partial charge on any atom is 0.260 e. The van der Waals surface area contributed by atoms with Crippen LogP contribution in [0.3, 0.4) is 0 Å². The van der Waals surface area contributed by atoms with Crippen LogP contribution in [-0.4, -0.2) is 18.2 Å². The third kappa shape index (κ3) is 2.20. The summed E-state index contributed by atoms with van der Waals surface area (Å²) in [5.74, 6) is 0.316. The first kappa shape index (κ1) is 11.0. The first-order chi connectivity index (χ1) is 8.22. The van der Waals surface area contributed by atoms with Gasteiger partial charge in [-0.15, -0.1) is 0 Å². The number of hydrogen-bond donors (Lipinski definition) is 2. The summed E-state index contributed by atoms with van der Waals surface area (Å²) < 4.78 is 9.70. The van der Waals surface area contributed by atoms with E-state index in [4.69, 9.17) is 10.5 Å². The van der Waals surface area contributed by atoms with Crippen molar-refractivity contribution in [3.63, 3.8) is 0 Å². The molecule has 0 saturated heterocycles. The van der Waals surface area contributed by atoms with Crippen molar-refractivity contribution >= 4 is 17.4 Å². The smallest absolute Gasteiger partial charge is 0.260 e. The third-order valence-electron chi connectivity index (χ3n) is 2.17. The minimum atomic E-state index is -0.358. The van der Waals surface area contributed by atoms with Crippen molar-refractivity contribution in [3.05, 3.63) is 36.1 Å². The number of rotatable bonds is 3. The first-order valence-corrected chi connectivity index (χ1v) is 4.86. The molecule has 6 nitrogen and oxygen atoms in total. The molecular formula is C11H11N3O3. The number of nitrogens with one attached hydrogen (secondary N) is 1. The molecule has 0 saturated carbocycles. The number of methoxy groups -OCH3 is 1. The minimum absolute atomic E-state index is 0.333. The van der Waals surface area contributed by atoms with Gasteiger partial charge in [-0.3, -0.25) is 4.79 Å². The standard InChI is InChI=1S/C11H11N3O3/c1-16-10-7(3-2-4-8(10)12)11(15)13-9-5-6-17-14-9/h2-6H,12H2,1H3,(H,13,14,15). The highest BCUT2D eigenvalue weighted by Crippen LogP contribution is 2.26. The van der Waals surface area contributed by atoms with E-state index in [0.29, 0.717) is 22.8 Å². The Bertz CT molecular complexity index is 523. The number of aromatic nitrogens is 1. The number of nitrogen functional groups attached to an aromatic ring is 1. The zero-order valence-electron chi connectivity index (χ0n) is 9.14. The van der Waals surface area contributed by atoms with Crippen molar-refractivity contribution in [2.24, 2.45) is 0 Å². The van der Waals surface area contributed by atoms with Crippen LogP contribution < -0.4 is 15.8 Å². The second kappa shape index (κ2) is 4.56. The van der Waals surface area contributed by atoms with E-state index in [1.807, 2.05) is 0 Å². The lowest BCUT2D eigenvalue weighted by Crippen LogP contribution is -2.14. The molecular weight excluding hydrogens is 222 g/mol. The highest BCUT2D eigenvalue weighted by Gasteiger charge is 2.15. The monoisotopic (exact) mass is 233 g/mol. The van der Waals surface area contributed by atoms with Crippen molar-refractivity contribution in [1.29, 1.82) is 0 Å². The molecule has 0 fully saturated rings. The highest BCUT2D eigenvalue weighted by molar-refractivity contribution is 6.06. The fraction of sp³-hybridized carbons (Fsp3) is 0.0909. The third-order valence-corrected chi connectivity index (χ3v) is 2.17. The molecule has 0 aliphatic rings. The van der Waals surface area contributed by atoms with Crippen LogP contribution in [0.2, 0.25) is 0 Å². The molecule has 0 unspecified atom stereocenters. The van der Waals surface area contributed by atoms with E-state index in [0.717, 1.165) is 0 Å². The predicted octanol–water partition coefficient (Wildman–Crippen LogP) is 1.52. The lowest BCUT2D eigenvalue weighted by molar-refractivity contribution is 0.102. The Morgan fingerprint density at radius 3 is 2.94 bits per heavy atom. The Hall–Kier alpha value is -2.50. The number of para-hydroxylation sites is 1. The zero-order valence-corrected chi connectivity index (χ0v) is 9.14. The molecule has 2 rings (SSSR count). The molecule has 3 N–H and O–H groups in total. The van der Waals surface area contributed by atoms with Crippen LogP contribution in [0.15, 0.2) is 35.1 Å². The molecule has 1 heterocycles. The molecule has 0 aliphatic heterocycles. The van der Waals surface area contributed by atoms with Gasteiger partial charge in [0.2, 0.25) is 0 Å². The number of nitrogens with zero attached hydrogens (tertiary/aromatic N) is 1. The zero-order chi connectivity index (χ0) is 12.3. The molecule has 1 amide bonds. The van der Waals surface area contributed by atoms with E-state index in [9.17, 15) is 4.79 Å². The van der Waals surface area contributed by atoms with Crippen LogP contribution in [0.1, 0.15) is 10.4 Å². The number of hydrogen-bond acceptors (Lipinski definition) is 5. The summed E-state index contributed by atoms with van der Waals surface area (Å²) in [5.41, 5.74) is 6.45. The molecule has 0 atom stereocenters. The van der Waals surface area contributed by atoms with Crippen LogP contribution >= 0.6 is 0 Å². The fourth-order valence-electron chi connectivity index (χ4n) is 1.42. The van der Waals surface area contributed by atoms with Gasteiger partial charge >= 0.3 is 0 Å². The molecule has 6 heteroatoms. The summed E-state index contributed by atoms with van der Waals surface area (Å²) in [4.78, 5) is 11.9. The molecule has 1 aromatic heterocycles. The first-order valence-electron chi connectivity index (χ1n) is 4.86. The van der Waals surface area contributed by atoms with Crippen molar-refractivity contribution < 1.29 is 14.1 Å². The van der Waals surface area contributed by atoms with E-state index in [-0.39, 0.29) is 5.91 Å². The van der Waals surface area contributed by atoms with Crippen LogP contribution in [0.4, 0.5) is 11.5 Å². The Morgan fingerprint density at radius 2 is 2.29 bits per heavy atom. The Kier molecular flexibility index (Phi) is 2.95. The van der Waals surface area contributed by atoms with E-state index in [1.54, 1.807) is 18.2 Å². The van der Waals surface area contributed by atoms with Crippen molar-refractivity contribution in [2.45, 2.75) is 0 Å². The molecule has 88 valence electrons. The quantitative estimate of drug-likeness (QED) is 0.784. The summed E-state index contributed by atoms with van der Waals surface area (Å²) in [7, 11) is 1.46. The molecule has 0 bridgehead atoms. The van der Waals surface area contributed by atoms with Gasteiger partial charge < -0.3 is 20.3 Å². The number of ether oxygens (including phenoxy) is 1. The summed E-state index contributed by atoms with van der Waals surface area (Å²) in [5, 5.41) is 6.14. The topological polar surface area (TPSA) is 90.4 Å². The van der Waals surface area contributed by atoms with Gasteiger partial charge in [0.15, 0.2) is 11.6 Å². The van der Waals surface area contributed by atoms with Gasteiger partial charge in [0.05, 0.1) is 18.4 Å². The predicted molar refractivity (Wildman–Crippen MR) is 61.9 cm³/mol. The highest BCUT2D eigenvalue weighted by atomic mass is 16.5. The van der Waals surface area contributed by atoms with Gasteiger partial charge in [0.1, 0.15) is 6.26 Å². The number of carbonyl (C=O) groups excluding carboxylic acids is 1. The number of amides is 1. The van der Waals surface area contributed by atoms with Crippen LogP contribution in [-0.2, 0) is 0 Å². The molecule has 2 aromatic rings. The van der Waals surface area contributed by atoms with E-state index in [2.05, 4.69) is 15.0 Å². The van der Waals surface area contributed by atoms with E-state index < -0.39 is 0 Å². The van der Waals surface area contributed by atoms with Crippen molar-refractivity contribution in [2.75, 3.05) is 18.2 Å². The number of anilines is 2. The summed E-state index contributed by atoms with van der Waals surface area (Å²) in [6.07, 6.45) is 1.37. The average molecular weight is 233 g/mol. The Morgan fingerprint density at radius 1 is 1.47 bits per heavy atom. The van der Waals surface area contributed by atoms with Gasteiger partial charge in [-0.2, -0.15) is 0 Å². The SMILES string of the molecule is COc1c(N)cccc1C(=O)Nc1ccon1. The Balaban J connectivity index is 2.28. The van der Waals surface area contributed by atoms with Gasteiger partial charge in [0, 0.05) is 6.07 Å². The number of carbonyl (C=O) groups is 1. The van der Waals surface area contributed by atoms with E-state index >= 15 is 0 Å². The van der Waals surface area contributed by atoms with Crippen molar-refractivity contribution in [3.8, 4) is 5.75 Å². The normalized spacial score (nSPS) is 9.94. The van der Waals surface area contributed by atoms with E-state index in [1.165, 1.54) is 19.4 Å². The molecule has 17 heavy (non-hydrogen) atoms. The number of benzene rings is 1. The van der Waals surface area contributed by atoms with Crippen LogP contribution in [0.25, 0.3) is 0 Å². The largest absolute Gasteiger partial charge is 0.494 e. The summed E-state index contributed by atoms with van der Waals surface area (Å²) in [6.45, 7) is 0. The maximum absolute atomic E-state index is 11.9. The Labute approximate surface area is 97.3 Å². The lowest BCUT2D eigenvalue weighted by atomic mass is 10.1. The number of nitrogens with two attached hydrogens (primary N) is 1. The molecule has 0 spiro atoms. The van der Waals surface area contributed by atoms with Crippen molar-refractivity contribution in [1.82, 2.24) is 5.16 Å². The van der Waals surface area contributed by atoms with Crippen LogP contribution in [0.5, 0.6) is 5.75 Å². The molecule has 1 aromatic carbocycles. The summed E-state index contributed by atoms with van der Waals surface area (Å²) >= 11 is 0. The summed E-state index contributed by atoms with van der Waals surface area (Å²) in [6, 6.07) is 6.49. The lowest BCUT2D eigenvalue weighted by Gasteiger charge is -2.09.